The van der Waals surface area contributed by atoms with E-state index in [1.807, 2.05) is 27.2 Å². The number of allylic oxidation sites excluding steroid dienone is 3. The van der Waals surface area contributed by atoms with Gasteiger partial charge in [-0.15, -0.1) is 0 Å². The van der Waals surface area contributed by atoms with Crippen LogP contribution in [0.15, 0.2) is 24.3 Å². The highest BCUT2D eigenvalue weighted by atomic mass is 31.2. The van der Waals surface area contributed by atoms with Crippen LogP contribution in [0.5, 0.6) is 0 Å². The second-order valence-corrected chi connectivity index (χ2v) is 17.1. The maximum absolute atomic E-state index is 12.8. The molecule has 0 aromatic heterocycles. The Balaban J connectivity index is 4.35. The quantitative estimate of drug-likeness (QED) is 0.0282. The Kier molecular flexibility index (Phi) is 34.0. The second-order valence-electron chi connectivity index (χ2n) is 15.7. The third-order valence-corrected chi connectivity index (χ3v) is 10.4. The van der Waals surface area contributed by atoms with Gasteiger partial charge in [-0.1, -0.05) is 160 Å². The highest BCUT2D eigenvalue weighted by Gasteiger charge is 2.23. The molecule has 0 spiro atoms. The van der Waals surface area contributed by atoms with Gasteiger partial charge in [-0.3, -0.25) is 9.36 Å². The number of aliphatic hydroxyl groups is 1. The van der Waals surface area contributed by atoms with Gasteiger partial charge in [0.05, 0.1) is 39.9 Å². The van der Waals surface area contributed by atoms with Crippen molar-refractivity contribution < 1.29 is 32.9 Å². The van der Waals surface area contributed by atoms with Crippen molar-refractivity contribution >= 4 is 13.7 Å². The van der Waals surface area contributed by atoms with Crippen LogP contribution in [0.4, 0.5) is 0 Å². The molecule has 302 valence electrons. The third-order valence-electron chi connectivity index (χ3n) is 9.41. The van der Waals surface area contributed by atoms with Crippen LogP contribution >= 0.6 is 7.82 Å². The van der Waals surface area contributed by atoms with Gasteiger partial charge in [0.2, 0.25) is 5.91 Å². The van der Waals surface area contributed by atoms with E-state index in [-0.39, 0.29) is 19.1 Å². The number of quaternary nitrogens is 1. The lowest BCUT2D eigenvalue weighted by Crippen LogP contribution is -2.45. The summed E-state index contributed by atoms with van der Waals surface area (Å²) in [5.74, 6) is -0.202. The molecule has 1 amide bonds. The number of likely N-dealkylation sites (N-methyl/N-ethyl adjacent to an activating group) is 1. The van der Waals surface area contributed by atoms with E-state index < -0.39 is 20.0 Å². The molecule has 0 heterocycles. The fourth-order valence-corrected chi connectivity index (χ4v) is 6.69. The highest BCUT2D eigenvalue weighted by Crippen LogP contribution is 2.38. The SMILES string of the molecule is CCCCCCCC/C=C/CCCCCCCCCCCC(=O)N[C@@H](COP(=O)([O-])OCC[N+](C)(C)C)[C@H](O)/C=C/CCCCCCCCCC. The minimum atomic E-state index is -4.58. The standard InChI is InChI=1S/C42H83N2O6P/c1-6-8-10-12-14-16-18-19-20-21-22-23-24-25-26-28-30-32-34-36-42(46)43-40(39-50-51(47,48)49-38-37-44(3,4)5)41(45)35-33-31-29-27-17-15-13-11-9-7-2/h19-20,33,35,40-41,45H,6-18,21-32,34,36-39H2,1-5H3,(H-,43,46,47,48)/b20-19+,35-33+/t40-,41+/m0/s1. The molecule has 0 aromatic carbocycles. The van der Waals surface area contributed by atoms with Crippen LogP contribution in [-0.2, 0) is 18.4 Å². The number of phosphoric acid groups is 1. The summed E-state index contributed by atoms with van der Waals surface area (Å²) >= 11 is 0. The summed E-state index contributed by atoms with van der Waals surface area (Å²) in [6.07, 6.45) is 39.3. The summed E-state index contributed by atoms with van der Waals surface area (Å²) in [4.78, 5) is 25.2. The lowest BCUT2D eigenvalue weighted by Gasteiger charge is -2.29. The summed E-state index contributed by atoms with van der Waals surface area (Å²) in [5.41, 5.74) is 0. The molecule has 1 unspecified atom stereocenters. The van der Waals surface area contributed by atoms with E-state index in [4.69, 9.17) is 9.05 Å². The molecule has 0 saturated carbocycles. The number of rotatable bonds is 38. The maximum Gasteiger partial charge on any atom is 0.268 e. The number of nitrogens with zero attached hydrogens (tertiary/aromatic N) is 1. The summed E-state index contributed by atoms with van der Waals surface area (Å²) < 4.78 is 23.1. The lowest BCUT2D eigenvalue weighted by atomic mass is 10.0. The first-order chi connectivity index (χ1) is 24.5. The Morgan fingerprint density at radius 2 is 1.08 bits per heavy atom. The third kappa shape index (κ3) is 37.1. The lowest BCUT2D eigenvalue weighted by molar-refractivity contribution is -0.870. The average molecular weight is 743 g/mol. The number of nitrogens with one attached hydrogen (secondary N) is 1. The largest absolute Gasteiger partial charge is 0.756 e. The molecule has 0 radical (unpaired) electrons. The van der Waals surface area contributed by atoms with Crippen molar-refractivity contribution in [1.29, 1.82) is 0 Å². The number of hydrogen-bond donors (Lipinski definition) is 2. The number of amides is 1. The van der Waals surface area contributed by atoms with Crippen molar-refractivity contribution in [3.8, 4) is 0 Å². The van der Waals surface area contributed by atoms with Crippen molar-refractivity contribution in [3.05, 3.63) is 24.3 Å². The van der Waals surface area contributed by atoms with Gasteiger partial charge in [0.15, 0.2) is 0 Å². The monoisotopic (exact) mass is 743 g/mol. The molecule has 8 nitrogen and oxygen atoms in total. The van der Waals surface area contributed by atoms with Crippen LogP contribution < -0.4 is 10.2 Å². The number of carbonyl (C=O) groups is 1. The van der Waals surface area contributed by atoms with E-state index in [1.165, 1.54) is 128 Å². The van der Waals surface area contributed by atoms with Crippen LogP contribution in [0.2, 0.25) is 0 Å². The predicted octanol–water partition coefficient (Wildman–Crippen LogP) is 10.7. The van der Waals surface area contributed by atoms with Gasteiger partial charge in [-0.25, -0.2) is 0 Å². The van der Waals surface area contributed by atoms with E-state index in [9.17, 15) is 19.4 Å². The van der Waals surface area contributed by atoms with Crippen molar-refractivity contribution in [2.24, 2.45) is 0 Å². The van der Waals surface area contributed by atoms with Crippen molar-refractivity contribution in [3.63, 3.8) is 0 Å². The van der Waals surface area contributed by atoms with Crippen molar-refractivity contribution in [2.45, 2.75) is 199 Å². The van der Waals surface area contributed by atoms with Crippen molar-refractivity contribution in [1.82, 2.24) is 5.32 Å². The summed E-state index contributed by atoms with van der Waals surface area (Å²) in [6.45, 7) is 4.61. The zero-order valence-electron chi connectivity index (χ0n) is 34.1. The first kappa shape index (κ1) is 50.0. The van der Waals surface area contributed by atoms with Gasteiger partial charge in [-0.05, 0) is 44.9 Å². The number of carbonyl (C=O) groups excluding carboxylic acids is 1. The van der Waals surface area contributed by atoms with Gasteiger partial charge in [-0.2, -0.15) is 0 Å². The number of phosphoric ester groups is 1. The minimum Gasteiger partial charge on any atom is -0.756 e. The van der Waals surface area contributed by atoms with Gasteiger partial charge >= 0.3 is 0 Å². The molecule has 0 aliphatic heterocycles. The Hall–Kier alpha value is -1.02. The number of hydrogen-bond acceptors (Lipinski definition) is 6. The summed E-state index contributed by atoms with van der Waals surface area (Å²) in [5, 5.41) is 13.7. The van der Waals surface area contributed by atoms with E-state index in [2.05, 4.69) is 31.3 Å². The zero-order chi connectivity index (χ0) is 37.9. The van der Waals surface area contributed by atoms with Crippen LogP contribution in [0.1, 0.15) is 187 Å². The Morgan fingerprint density at radius 3 is 1.53 bits per heavy atom. The van der Waals surface area contributed by atoms with Gasteiger partial charge < -0.3 is 28.8 Å². The van der Waals surface area contributed by atoms with E-state index in [0.717, 1.165) is 38.5 Å². The van der Waals surface area contributed by atoms with E-state index in [0.29, 0.717) is 17.4 Å². The van der Waals surface area contributed by atoms with Crippen LogP contribution in [0, 0.1) is 0 Å². The minimum absolute atomic E-state index is 0.000633. The first-order valence-electron chi connectivity index (χ1n) is 21.2. The molecule has 0 rings (SSSR count). The Bertz CT molecular complexity index is 891. The van der Waals surface area contributed by atoms with Gasteiger partial charge in [0.1, 0.15) is 13.2 Å². The first-order valence-corrected chi connectivity index (χ1v) is 22.7. The van der Waals surface area contributed by atoms with Crippen LogP contribution in [0.25, 0.3) is 0 Å². The smallest absolute Gasteiger partial charge is 0.268 e. The maximum atomic E-state index is 12.8. The molecule has 2 N–H and O–H groups in total. The fraction of sp³-hybridized carbons (Fsp3) is 0.881. The molecule has 0 aromatic rings. The van der Waals surface area contributed by atoms with Gasteiger partial charge in [0, 0.05) is 6.42 Å². The summed E-state index contributed by atoms with van der Waals surface area (Å²) in [7, 11) is 1.26. The average Bonchev–Trinajstić information content (AvgIpc) is 3.07. The molecular weight excluding hydrogens is 659 g/mol. The predicted molar refractivity (Wildman–Crippen MR) is 215 cm³/mol. The molecule has 0 bridgehead atoms. The molecular formula is C42H83N2O6P. The van der Waals surface area contributed by atoms with E-state index in [1.54, 1.807) is 6.08 Å². The topological polar surface area (TPSA) is 108 Å². The Morgan fingerprint density at radius 1 is 0.667 bits per heavy atom. The summed E-state index contributed by atoms with van der Waals surface area (Å²) in [6, 6.07) is -0.882. The molecule has 9 heteroatoms. The number of aliphatic hydroxyl groups excluding tert-OH is 1. The second kappa shape index (κ2) is 34.7. The molecule has 0 aliphatic rings. The normalized spacial score (nSPS) is 14.7. The zero-order valence-corrected chi connectivity index (χ0v) is 35.0. The van der Waals surface area contributed by atoms with Crippen LogP contribution in [0.3, 0.4) is 0 Å². The molecule has 0 saturated heterocycles. The molecule has 0 aliphatic carbocycles. The van der Waals surface area contributed by atoms with Crippen LogP contribution in [-0.4, -0.2) is 68.5 Å². The van der Waals surface area contributed by atoms with Gasteiger partial charge in [0.25, 0.3) is 7.82 Å². The van der Waals surface area contributed by atoms with Crippen molar-refractivity contribution in [2.75, 3.05) is 40.9 Å². The molecule has 3 atom stereocenters. The Labute approximate surface area is 315 Å². The van der Waals surface area contributed by atoms with E-state index >= 15 is 0 Å². The highest BCUT2D eigenvalue weighted by molar-refractivity contribution is 7.45. The molecule has 51 heavy (non-hydrogen) atoms. The molecule has 0 fully saturated rings. The number of unbranched alkanes of at least 4 members (excludes halogenated alkanes) is 23. The fourth-order valence-electron chi connectivity index (χ4n) is 5.97.